The van der Waals surface area contributed by atoms with Crippen LogP contribution in [0.4, 0.5) is 5.69 Å². The van der Waals surface area contributed by atoms with Crippen molar-refractivity contribution in [3.05, 3.63) is 23.3 Å². The van der Waals surface area contributed by atoms with Crippen LogP contribution in [0, 0.1) is 19.3 Å². The molecule has 4 nitrogen and oxygen atoms in total. The molecule has 1 aliphatic rings. The first-order chi connectivity index (χ1) is 9.61. The fraction of sp³-hybridized carbons (Fsp3) is 0.625. The number of anilines is 1. The Morgan fingerprint density at radius 2 is 1.90 bits per heavy atom. The third kappa shape index (κ3) is 3.58. The number of nitrogens with two attached hydrogens (primary N) is 1. The molecule has 5 heteroatoms. The van der Waals surface area contributed by atoms with Crippen LogP contribution in [-0.2, 0) is 10.0 Å². The molecule has 0 aromatic heterocycles. The Hall–Kier alpha value is -1.07. The summed E-state index contributed by atoms with van der Waals surface area (Å²) in [6, 6.07) is 3.67. The van der Waals surface area contributed by atoms with Crippen molar-refractivity contribution in [2.45, 2.75) is 64.3 Å². The quantitative estimate of drug-likeness (QED) is 0.899. The van der Waals surface area contributed by atoms with Crippen LogP contribution in [0.15, 0.2) is 17.0 Å². The van der Waals surface area contributed by atoms with Gasteiger partial charge in [0.1, 0.15) is 0 Å². The molecular formula is C16H26N2O2S. The maximum atomic E-state index is 11.6. The molecule has 0 radical (unpaired) electrons. The van der Waals surface area contributed by atoms with E-state index in [2.05, 4.69) is 19.2 Å². The van der Waals surface area contributed by atoms with E-state index in [9.17, 15) is 8.42 Å². The molecule has 1 aromatic rings. The number of sulfonamides is 1. The van der Waals surface area contributed by atoms with Gasteiger partial charge in [-0.1, -0.05) is 26.7 Å². The zero-order valence-electron chi connectivity index (χ0n) is 13.4. The maximum Gasteiger partial charge on any atom is 0.238 e. The highest BCUT2D eigenvalue weighted by Gasteiger charge is 2.32. The molecule has 1 aromatic carbocycles. The minimum atomic E-state index is -3.67. The summed E-state index contributed by atoms with van der Waals surface area (Å²) in [5.74, 6) is 0. The summed E-state index contributed by atoms with van der Waals surface area (Å²) in [4.78, 5) is 0.182. The van der Waals surface area contributed by atoms with Gasteiger partial charge in [-0.25, -0.2) is 13.6 Å². The van der Waals surface area contributed by atoms with E-state index in [-0.39, 0.29) is 10.3 Å². The topological polar surface area (TPSA) is 72.2 Å². The van der Waals surface area contributed by atoms with Crippen molar-refractivity contribution in [3.63, 3.8) is 0 Å². The Kier molecular flexibility index (Phi) is 4.36. The summed E-state index contributed by atoms with van der Waals surface area (Å²) in [7, 11) is -3.67. The van der Waals surface area contributed by atoms with Crippen molar-refractivity contribution in [2.75, 3.05) is 5.32 Å². The molecule has 0 amide bonds. The van der Waals surface area contributed by atoms with Crippen molar-refractivity contribution in [3.8, 4) is 0 Å². The van der Waals surface area contributed by atoms with E-state index in [4.69, 9.17) is 5.14 Å². The zero-order valence-corrected chi connectivity index (χ0v) is 14.2. The van der Waals surface area contributed by atoms with Gasteiger partial charge in [0, 0.05) is 11.7 Å². The molecular weight excluding hydrogens is 284 g/mol. The lowest BCUT2D eigenvalue weighted by molar-refractivity contribution is 0.217. The van der Waals surface area contributed by atoms with Crippen LogP contribution in [0.25, 0.3) is 0 Å². The maximum absolute atomic E-state index is 11.6. The summed E-state index contributed by atoms with van der Waals surface area (Å²) in [6.07, 6.45) is 4.79. The molecule has 21 heavy (non-hydrogen) atoms. The van der Waals surface area contributed by atoms with Crippen molar-refractivity contribution >= 4 is 15.7 Å². The second kappa shape index (κ2) is 5.61. The Morgan fingerprint density at radius 1 is 1.24 bits per heavy atom. The van der Waals surface area contributed by atoms with Crippen LogP contribution < -0.4 is 10.5 Å². The first-order valence-electron chi connectivity index (χ1n) is 7.52. The van der Waals surface area contributed by atoms with Crippen LogP contribution >= 0.6 is 0 Å². The van der Waals surface area contributed by atoms with Gasteiger partial charge in [-0.2, -0.15) is 0 Å². The number of benzene rings is 1. The Bertz CT molecular complexity index is 636. The van der Waals surface area contributed by atoms with Gasteiger partial charge in [-0.3, -0.25) is 0 Å². The molecule has 118 valence electrons. The van der Waals surface area contributed by atoms with Crippen molar-refractivity contribution in [2.24, 2.45) is 10.6 Å². The van der Waals surface area contributed by atoms with E-state index in [0.717, 1.165) is 23.2 Å². The number of nitrogens with one attached hydrogen (secondary N) is 1. The summed E-state index contributed by atoms with van der Waals surface area (Å²) in [5, 5.41) is 8.85. The molecule has 3 N–H and O–H groups in total. The van der Waals surface area contributed by atoms with Crippen LogP contribution in [-0.4, -0.2) is 14.5 Å². The lowest BCUT2D eigenvalue weighted by atomic mass is 9.73. The molecule has 1 fully saturated rings. The number of aryl methyl sites for hydroxylation is 1. The highest BCUT2D eigenvalue weighted by Crippen LogP contribution is 2.38. The smallest absolute Gasteiger partial charge is 0.238 e. The van der Waals surface area contributed by atoms with Gasteiger partial charge in [0.05, 0.1) is 4.90 Å². The fourth-order valence-electron chi connectivity index (χ4n) is 3.09. The molecule has 2 rings (SSSR count). The first kappa shape index (κ1) is 16.3. The van der Waals surface area contributed by atoms with E-state index in [1.165, 1.54) is 19.3 Å². The summed E-state index contributed by atoms with van der Waals surface area (Å²) in [5.41, 5.74) is 3.14. The summed E-state index contributed by atoms with van der Waals surface area (Å²) >= 11 is 0. The monoisotopic (exact) mass is 310 g/mol. The van der Waals surface area contributed by atoms with Crippen LogP contribution in [0.5, 0.6) is 0 Å². The van der Waals surface area contributed by atoms with E-state index in [1.54, 1.807) is 12.1 Å². The van der Waals surface area contributed by atoms with Crippen molar-refractivity contribution in [1.82, 2.24) is 0 Å². The highest BCUT2D eigenvalue weighted by atomic mass is 32.2. The standard InChI is InChI=1S/C16H26N2O2S/c1-11-9-13(21(17,19)20)10-14(12(11)2)18-15-7-5-6-8-16(15,3)4/h9-10,15,18H,5-8H2,1-4H3,(H2,17,19,20). The molecule has 1 atom stereocenters. The van der Waals surface area contributed by atoms with Crippen LogP contribution in [0.1, 0.15) is 50.7 Å². The second-order valence-electron chi connectivity index (χ2n) is 6.89. The third-order valence-electron chi connectivity index (χ3n) is 4.81. The fourth-order valence-corrected chi connectivity index (χ4v) is 3.71. The minimum Gasteiger partial charge on any atom is -0.382 e. The predicted octanol–water partition coefficient (Wildman–Crippen LogP) is 3.33. The summed E-state index contributed by atoms with van der Waals surface area (Å²) < 4.78 is 23.2. The van der Waals surface area contributed by atoms with Gasteiger partial charge >= 0.3 is 0 Å². The Morgan fingerprint density at radius 3 is 2.48 bits per heavy atom. The van der Waals surface area contributed by atoms with Gasteiger partial charge in [0.15, 0.2) is 0 Å². The molecule has 1 unspecified atom stereocenters. The average molecular weight is 310 g/mol. The highest BCUT2D eigenvalue weighted by molar-refractivity contribution is 7.89. The van der Waals surface area contributed by atoms with E-state index in [0.29, 0.717) is 6.04 Å². The van der Waals surface area contributed by atoms with Crippen LogP contribution in [0.2, 0.25) is 0 Å². The van der Waals surface area contributed by atoms with E-state index >= 15 is 0 Å². The Balaban J connectivity index is 2.37. The normalized spacial score (nSPS) is 22.0. The second-order valence-corrected chi connectivity index (χ2v) is 8.45. The average Bonchev–Trinajstić information content (AvgIpc) is 2.35. The molecule has 0 bridgehead atoms. The predicted molar refractivity (Wildman–Crippen MR) is 86.9 cm³/mol. The molecule has 0 spiro atoms. The molecule has 0 saturated heterocycles. The molecule has 1 aliphatic carbocycles. The Labute approximate surface area is 128 Å². The molecule has 1 saturated carbocycles. The summed E-state index contributed by atoms with van der Waals surface area (Å²) in [6.45, 7) is 8.48. The van der Waals surface area contributed by atoms with Gasteiger partial charge in [-0.05, 0) is 55.4 Å². The number of primary sulfonamides is 1. The number of hydrogen-bond acceptors (Lipinski definition) is 3. The largest absolute Gasteiger partial charge is 0.382 e. The number of rotatable bonds is 3. The minimum absolute atomic E-state index is 0.182. The lowest BCUT2D eigenvalue weighted by Crippen LogP contribution is -2.39. The molecule has 0 aliphatic heterocycles. The SMILES string of the molecule is Cc1cc(S(N)(=O)=O)cc(NC2CCCCC2(C)C)c1C. The lowest BCUT2D eigenvalue weighted by Gasteiger charge is -2.40. The molecule has 0 heterocycles. The van der Waals surface area contributed by atoms with Crippen molar-refractivity contribution < 1.29 is 8.42 Å². The van der Waals surface area contributed by atoms with Gasteiger partial charge in [0.25, 0.3) is 0 Å². The van der Waals surface area contributed by atoms with Gasteiger partial charge in [0.2, 0.25) is 10.0 Å². The first-order valence-corrected chi connectivity index (χ1v) is 9.06. The van der Waals surface area contributed by atoms with Crippen molar-refractivity contribution in [1.29, 1.82) is 0 Å². The van der Waals surface area contributed by atoms with E-state index < -0.39 is 10.0 Å². The third-order valence-corrected chi connectivity index (χ3v) is 5.70. The number of hydrogen-bond donors (Lipinski definition) is 2. The zero-order chi connectivity index (χ0) is 15.8. The van der Waals surface area contributed by atoms with Gasteiger partial charge in [-0.15, -0.1) is 0 Å². The van der Waals surface area contributed by atoms with E-state index in [1.807, 2.05) is 13.8 Å². The van der Waals surface area contributed by atoms with Gasteiger partial charge < -0.3 is 5.32 Å². The van der Waals surface area contributed by atoms with Crippen LogP contribution in [0.3, 0.4) is 0 Å².